The fourth-order valence-electron chi connectivity index (χ4n) is 3.04. The van der Waals surface area contributed by atoms with Crippen LogP contribution in [0.1, 0.15) is 40.5 Å². The van der Waals surface area contributed by atoms with Crippen LogP contribution in [0.3, 0.4) is 0 Å². The van der Waals surface area contributed by atoms with E-state index in [4.69, 9.17) is 0 Å². The number of rotatable bonds is 3. The molecule has 94 valence electrons. The van der Waals surface area contributed by atoms with Crippen LogP contribution in [0, 0.1) is 11.8 Å². The number of hydrogen-bond donors (Lipinski definition) is 0. The maximum Gasteiger partial charge on any atom is 0.0120 e. The SMILES string of the molecule is CC(C)C1CN(C2CCN(C(C)C)CC2)C1. The van der Waals surface area contributed by atoms with E-state index >= 15 is 0 Å². The van der Waals surface area contributed by atoms with Crippen molar-refractivity contribution >= 4 is 0 Å². The number of nitrogens with zero attached hydrogens (tertiary/aromatic N) is 2. The molecule has 2 aliphatic rings. The van der Waals surface area contributed by atoms with Crippen LogP contribution in [0.15, 0.2) is 0 Å². The van der Waals surface area contributed by atoms with E-state index in [0.717, 1.165) is 23.9 Å². The first-order valence-corrected chi connectivity index (χ1v) is 7.06. The third kappa shape index (κ3) is 2.60. The van der Waals surface area contributed by atoms with Crippen molar-refractivity contribution in [3.05, 3.63) is 0 Å². The van der Waals surface area contributed by atoms with E-state index in [9.17, 15) is 0 Å². The predicted octanol–water partition coefficient (Wildman–Crippen LogP) is 2.45. The summed E-state index contributed by atoms with van der Waals surface area (Å²) in [6.07, 6.45) is 2.78. The fourth-order valence-corrected chi connectivity index (χ4v) is 3.04. The molecule has 16 heavy (non-hydrogen) atoms. The van der Waals surface area contributed by atoms with Crippen LogP contribution in [0.5, 0.6) is 0 Å². The van der Waals surface area contributed by atoms with Crippen molar-refractivity contribution < 1.29 is 0 Å². The maximum atomic E-state index is 2.72. The molecule has 0 spiro atoms. The highest BCUT2D eigenvalue weighted by Crippen LogP contribution is 2.29. The molecule has 0 saturated carbocycles. The lowest BCUT2D eigenvalue weighted by atomic mass is 9.85. The van der Waals surface area contributed by atoms with E-state index in [1.807, 2.05) is 0 Å². The molecular formula is C14H28N2. The van der Waals surface area contributed by atoms with E-state index in [0.29, 0.717) is 0 Å². The Labute approximate surface area is 101 Å². The monoisotopic (exact) mass is 224 g/mol. The summed E-state index contributed by atoms with van der Waals surface area (Å²) < 4.78 is 0. The van der Waals surface area contributed by atoms with Gasteiger partial charge in [0.05, 0.1) is 0 Å². The standard InChI is InChI=1S/C14H28N2/c1-11(2)13-9-16(10-13)14-5-7-15(8-6-14)12(3)4/h11-14H,5-10H2,1-4H3. The fraction of sp³-hybridized carbons (Fsp3) is 1.00. The van der Waals surface area contributed by atoms with Crippen LogP contribution < -0.4 is 0 Å². The molecule has 0 aliphatic carbocycles. The average molecular weight is 224 g/mol. The van der Waals surface area contributed by atoms with E-state index in [1.54, 1.807) is 0 Å². The van der Waals surface area contributed by atoms with Gasteiger partial charge in [-0.3, -0.25) is 4.90 Å². The lowest BCUT2D eigenvalue weighted by molar-refractivity contribution is -0.00258. The lowest BCUT2D eigenvalue weighted by Crippen LogP contribution is -2.56. The Morgan fingerprint density at radius 1 is 0.938 bits per heavy atom. The van der Waals surface area contributed by atoms with Crippen molar-refractivity contribution in [1.29, 1.82) is 0 Å². The summed E-state index contributed by atoms with van der Waals surface area (Å²) in [5, 5.41) is 0. The Balaban J connectivity index is 1.71. The quantitative estimate of drug-likeness (QED) is 0.726. The Hall–Kier alpha value is -0.0800. The Kier molecular flexibility index (Phi) is 3.91. The molecule has 0 amide bonds. The third-order valence-corrected chi connectivity index (χ3v) is 4.63. The van der Waals surface area contributed by atoms with Crippen LogP contribution >= 0.6 is 0 Å². The van der Waals surface area contributed by atoms with Gasteiger partial charge in [0, 0.05) is 25.2 Å². The van der Waals surface area contributed by atoms with Crippen molar-refractivity contribution in [1.82, 2.24) is 9.80 Å². The number of hydrogen-bond acceptors (Lipinski definition) is 2. The number of likely N-dealkylation sites (tertiary alicyclic amines) is 2. The maximum absolute atomic E-state index is 2.72. The minimum Gasteiger partial charge on any atom is -0.301 e. The van der Waals surface area contributed by atoms with E-state index < -0.39 is 0 Å². The highest BCUT2D eigenvalue weighted by atomic mass is 15.2. The predicted molar refractivity (Wildman–Crippen MR) is 69.6 cm³/mol. The van der Waals surface area contributed by atoms with Crippen LogP contribution in [-0.2, 0) is 0 Å². The van der Waals surface area contributed by atoms with Gasteiger partial charge in [0.2, 0.25) is 0 Å². The van der Waals surface area contributed by atoms with Crippen molar-refractivity contribution in [3.8, 4) is 0 Å². The summed E-state index contributed by atoms with van der Waals surface area (Å²) in [5.41, 5.74) is 0. The lowest BCUT2D eigenvalue weighted by Gasteiger charge is -2.49. The Morgan fingerprint density at radius 3 is 1.94 bits per heavy atom. The second-order valence-corrected chi connectivity index (χ2v) is 6.32. The highest BCUT2D eigenvalue weighted by molar-refractivity contribution is 4.89. The zero-order valence-electron chi connectivity index (χ0n) is 11.4. The number of piperidine rings is 1. The van der Waals surface area contributed by atoms with Crippen molar-refractivity contribution in [2.24, 2.45) is 11.8 Å². The van der Waals surface area contributed by atoms with Crippen LogP contribution in [0.4, 0.5) is 0 Å². The van der Waals surface area contributed by atoms with E-state index in [-0.39, 0.29) is 0 Å². The molecule has 0 aromatic rings. The Bertz CT molecular complexity index is 211. The molecule has 2 saturated heterocycles. The van der Waals surface area contributed by atoms with Crippen LogP contribution in [0.2, 0.25) is 0 Å². The molecule has 0 bridgehead atoms. The smallest absolute Gasteiger partial charge is 0.0120 e. The molecule has 2 fully saturated rings. The first-order valence-electron chi connectivity index (χ1n) is 7.06. The van der Waals surface area contributed by atoms with Gasteiger partial charge in [-0.2, -0.15) is 0 Å². The molecule has 2 nitrogen and oxygen atoms in total. The third-order valence-electron chi connectivity index (χ3n) is 4.63. The average Bonchev–Trinajstić information content (AvgIpc) is 2.15. The van der Waals surface area contributed by atoms with Gasteiger partial charge in [-0.1, -0.05) is 13.8 Å². The van der Waals surface area contributed by atoms with Crippen molar-refractivity contribution in [3.63, 3.8) is 0 Å². The van der Waals surface area contributed by atoms with Gasteiger partial charge in [-0.05, 0) is 51.6 Å². The molecule has 0 unspecified atom stereocenters. The molecule has 2 aliphatic heterocycles. The second-order valence-electron chi connectivity index (χ2n) is 6.32. The van der Waals surface area contributed by atoms with Gasteiger partial charge in [-0.25, -0.2) is 0 Å². The topological polar surface area (TPSA) is 6.48 Å². The van der Waals surface area contributed by atoms with E-state index in [1.165, 1.54) is 39.0 Å². The van der Waals surface area contributed by atoms with Crippen LogP contribution in [-0.4, -0.2) is 48.1 Å². The van der Waals surface area contributed by atoms with E-state index in [2.05, 4.69) is 37.5 Å². The zero-order valence-corrected chi connectivity index (χ0v) is 11.4. The first kappa shape index (κ1) is 12.4. The molecular weight excluding hydrogens is 196 g/mol. The molecule has 0 aromatic carbocycles. The highest BCUT2D eigenvalue weighted by Gasteiger charge is 2.35. The molecule has 0 radical (unpaired) electrons. The van der Waals surface area contributed by atoms with Gasteiger partial charge in [0.15, 0.2) is 0 Å². The molecule has 0 N–H and O–H groups in total. The molecule has 2 heteroatoms. The minimum absolute atomic E-state index is 0.737. The summed E-state index contributed by atoms with van der Waals surface area (Å²) >= 11 is 0. The van der Waals surface area contributed by atoms with Gasteiger partial charge < -0.3 is 4.90 Å². The molecule has 0 aromatic heterocycles. The normalized spacial score (nSPS) is 26.6. The van der Waals surface area contributed by atoms with Gasteiger partial charge in [0.1, 0.15) is 0 Å². The second kappa shape index (κ2) is 5.05. The van der Waals surface area contributed by atoms with Gasteiger partial charge in [-0.15, -0.1) is 0 Å². The molecule has 0 atom stereocenters. The van der Waals surface area contributed by atoms with Crippen LogP contribution in [0.25, 0.3) is 0 Å². The zero-order chi connectivity index (χ0) is 11.7. The van der Waals surface area contributed by atoms with Crippen molar-refractivity contribution in [2.75, 3.05) is 26.2 Å². The Morgan fingerprint density at radius 2 is 1.50 bits per heavy atom. The first-order chi connectivity index (χ1) is 7.58. The minimum atomic E-state index is 0.737. The summed E-state index contributed by atoms with van der Waals surface area (Å²) in [6.45, 7) is 14.7. The summed E-state index contributed by atoms with van der Waals surface area (Å²) in [6, 6.07) is 1.63. The molecule has 2 rings (SSSR count). The van der Waals surface area contributed by atoms with Gasteiger partial charge in [0.25, 0.3) is 0 Å². The summed E-state index contributed by atoms with van der Waals surface area (Å²) in [7, 11) is 0. The van der Waals surface area contributed by atoms with Gasteiger partial charge >= 0.3 is 0 Å². The largest absolute Gasteiger partial charge is 0.301 e. The summed E-state index contributed by atoms with van der Waals surface area (Å²) in [5.74, 6) is 1.86. The van der Waals surface area contributed by atoms with Crippen molar-refractivity contribution in [2.45, 2.75) is 52.6 Å². The molecule has 2 heterocycles. The summed E-state index contributed by atoms with van der Waals surface area (Å²) in [4.78, 5) is 5.35.